The zero-order chi connectivity index (χ0) is 5.70. The SMILES string of the molecule is CC/C=C(\O)CS. The summed E-state index contributed by atoms with van der Waals surface area (Å²) < 4.78 is 0. The van der Waals surface area contributed by atoms with Gasteiger partial charge in [0.05, 0.1) is 5.76 Å². The molecule has 0 aromatic carbocycles. The fraction of sp³-hybridized carbons (Fsp3) is 0.600. The molecule has 0 spiro atoms. The van der Waals surface area contributed by atoms with Crippen molar-refractivity contribution in [2.45, 2.75) is 13.3 Å². The Kier molecular flexibility index (Phi) is 4.00. The third kappa shape index (κ3) is 3.73. The Hall–Kier alpha value is -0.110. The summed E-state index contributed by atoms with van der Waals surface area (Å²) in [5.74, 6) is 0.819. The topological polar surface area (TPSA) is 20.2 Å². The predicted octanol–water partition coefficient (Wildman–Crippen LogP) is 1.77. The Morgan fingerprint density at radius 2 is 2.43 bits per heavy atom. The van der Waals surface area contributed by atoms with Gasteiger partial charge in [-0.2, -0.15) is 12.6 Å². The number of aliphatic hydroxyl groups excluding tert-OH is 1. The minimum atomic E-state index is 0.367. The molecule has 0 unspecified atom stereocenters. The molecule has 0 aromatic rings. The molecule has 1 nitrogen and oxygen atoms in total. The molecule has 7 heavy (non-hydrogen) atoms. The average molecular weight is 118 g/mol. The van der Waals surface area contributed by atoms with E-state index in [1.165, 1.54) is 0 Å². The van der Waals surface area contributed by atoms with Crippen molar-refractivity contribution in [2.24, 2.45) is 0 Å². The fourth-order valence-corrected chi connectivity index (χ4v) is 0.429. The Labute approximate surface area is 49.5 Å². The zero-order valence-electron chi connectivity index (χ0n) is 4.39. The second kappa shape index (κ2) is 4.06. The van der Waals surface area contributed by atoms with Crippen LogP contribution in [-0.2, 0) is 0 Å². The highest BCUT2D eigenvalue weighted by Gasteiger charge is 1.80. The third-order valence-electron chi connectivity index (χ3n) is 0.602. The van der Waals surface area contributed by atoms with E-state index in [4.69, 9.17) is 5.11 Å². The molecule has 0 aliphatic carbocycles. The number of thiol groups is 1. The van der Waals surface area contributed by atoms with Gasteiger partial charge in [0.25, 0.3) is 0 Å². The van der Waals surface area contributed by atoms with Crippen LogP contribution < -0.4 is 0 Å². The van der Waals surface area contributed by atoms with E-state index >= 15 is 0 Å². The first kappa shape index (κ1) is 6.89. The van der Waals surface area contributed by atoms with Crippen molar-refractivity contribution < 1.29 is 5.11 Å². The maximum Gasteiger partial charge on any atom is 0.0978 e. The monoisotopic (exact) mass is 118 g/mol. The lowest BCUT2D eigenvalue weighted by atomic mass is 10.4. The van der Waals surface area contributed by atoms with Gasteiger partial charge in [-0.15, -0.1) is 0 Å². The highest BCUT2D eigenvalue weighted by Crippen LogP contribution is 1.91. The molecule has 0 aliphatic rings. The van der Waals surface area contributed by atoms with Crippen molar-refractivity contribution in [3.8, 4) is 0 Å². The second-order valence-corrected chi connectivity index (χ2v) is 1.58. The van der Waals surface area contributed by atoms with Crippen LogP contribution in [0.2, 0.25) is 0 Å². The lowest BCUT2D eigenvalue weighted by Gasteiger charge is -1.87. The van der Waals surface area contributed by atoms with Crippen molar-refractivity contribution >= 4 is 12.6 Å². The highest BCUT2D eigenvalue weighted by molar-refractivity contribution is 7.80. The number of allylic oxidation sites excluding steroid dienone is 1. The maximum absolute atomic E-state index is 8.64. The van der Waals surface area contributed by atoms with Gasteiger partial charge in [0.1, 0.15) is 0 Å². The first-order chi connectivity index (χ1) is 3.31. The largest absolute Gasteiger partial charge is 0.512 e. The molecule has 0 saturated heterocycles. The second-order valence-electron chi connectivity index (χ2n) is 1.26. The Balaban J connectivity index is 3.29. The van der Waals surface area contributed by atoms with Crippen molar-refractivity contribution in [3.63, 3.8) is 0 Å². The summed E-state index contributed by atoms with van der Waals surface area (Å²) >= 11 is 3.83. The van der Waals surface area contributed by atoms with Gasteiger partial charge in [0.2, 0.25) is 0 Å². The van der Waals surface area contributed by atoms with E-state index in [1.807, 2.05) is 6.92 Å². The first-order valence-corrected chi connectivity index (χ1v) is 2.93. The zero-order valence-corrected chi connectivity index (χ0v) is 5.28. The summed E-state index contributed by atoms with van der Waals surface area (Å²) in [5, 5.41) is 8.64. The molecule has 0 aliphatic heterocycles. The summed E-state index contributed by atoms with van der Waals surface area (Å²) in [4.78, 5) is 0. The normalized spacial score (nSPS) is 12.0. The standard InChI is InChI=1S/C5H10OS/c1-2-3-5(6)4-7/h3,6-7H,2,4H2,1H3/b5-3-. The Bertz CT molecular complexity index is 68.5. The van der Waals surface area contributed by atoms with E-state index in [0.717, 1.165) is 6.42 Å². The minimum absolute atomic E-state index is 0.367. The molecule has 0 saturated carbocycles. The van der Waals surface area contributed by atoms with Crippen LogP contribution in [0.3, 0.4) is 0 Å². The van der Waals surface area contributed by atoms with Crippen LogP contribution in [-0.4, -0.2) is 10.9 Å². The Morgan fingerprint density at radius 3 is 2.57 bits per heavy atom. The van der Waals surface area contributed by atoms with Crippen LogP contribution in [0.5, 0.6) is 0 Å². The van der Waals surface area contributed by atoms with Crippen LogP contribution in [0.15, 0.2) is 11.8 Å². The molecular formula is C5H10OS. The van der Waals surface area contributed by atoms with E-state index in [9.17, 15) is 0 Å². The van der Waals surface area contributed by atoms with Gasteiger partial charge in [-0.05, 0) is 12.5 Å². The molecule has 0 aromatic heterocycles. The van der Waals surface area contributed by atoms with Gasteiger partial charge in [0, 0.05) is 5.75 Å². The van der Waals surface area contributed by atoms with Crippen LogP contribution in [0, 0.1) is 0 Å². The predicted molar refractivity (Wildman–Crippen MR) is 34.9 cm³/mol. The van der Waals surface area contributed by atoms with E-state index in [2.05, 4.69) is 12.6 Å². The number of hydrogen-bond donors (Lipinski definition) is 2. The molecule has 0 heterocycles. The van der Waals surface area contributed by atoms with Gasteiger partial charge in [-0.3, -0.25) is 0 Å². The summed E-state index contributed by atoms with van der Waals surface area (Å²) in [6, 6.07) is 0. The fourth-order valence-electron chi connectivity index (χ4n) is 0.300. The molecule has 0 radical (unpaired) electrons. The molecule has 0 atom stereocenters. The molecule has 0 amide bonds. The van der Waals surface area contributed by atoms with Gasteiger partial charge in [-0.25, -0.2) is 0 Å². The van der Waals surface area contributed by atoms with Crippen molar-refractivity contribution in [1.82, 2.24) is 0 Å². The highest BCUT2D eigenvalue weighted by atomic mass is 32.1. The van der Waals surface area contributed by atoms with Gasteiger partial charge < -0.3 is 5.11 Å². The molecule has 0 rings (SSSR count). The van der Waals surface area contributed by atoms with Crippen LogP contribution in [0.4, 0.5) is 0 Å². The van der Waals surface area contributed by atoms with Crippen molar-refractivity contribution in [3.05, 3.63) is 11.8 Å². The van der Waals surface area contributed by atoms with Crippen LogP contribution in [0.1, 0.15) is 13.3 Å². The van der Waals surface area contributed by atoms with Crippen molar-refractivity contribution in [1.29, 1.82) is 0 Å². The van der Waals surface area contributed by atoms with E-state index < -0.39 is 0 Å². The van der Waals surface area contributed by atoms with E-state index in [-0.39, 0.29) is 0 Å². The average Bonchev–Trinajstić information content (AvgIpc) is 1.68. The van der Waals surface area contributed by atoms with E-state index in [0.29, 0.717) is 11.5 Å². The van der Waals surface area contributed by atoms with Gasteiger partial charge in [-0.1, -0.05) is 6.92 Å². The van der Waals surface area contributed by atoms with Crippen LogP contribution in [0.25, 0.3) is 0 Å². The summed E-state index contributed by atoms with van der Waals surface area (Å²) in [6.45, 7) is 1.97. The maximum atomic E-state index is 8.64. The minimum Gasteiger partial charge on any atom is -0.512 e. The summed E-state index contributed by atoms with van der Waals surface area (Å²) in [7, 11) is 0. The molecule has 0 bridgehead atoms. The quantitative estimate of drug-likeness (QED) is 0.418. The lowest BCUT2D eigenvalue weighted by molar-refractivity contribution is 0.415. The number of rotatable bonds is 2. The number of aliphatic hydroxyl groups is 1. The number of hydrogen-bond acceptors (Lipinski definition) is 2. The molecular weight excluding hydrogens is 108 g/mol. The van der Waals surface area contributed by atoms with Gasteiger partial charge >= 0.3 is 0 Å². The van der Waals surface area contributed by atoms with Gasteiger partial charge in [0.15, 0.2) is 0 Å². The lowest BCUT2D eigenvalue weighted by Crippen LogP contribution is -1.78. The molecule has 0 fully saturated rings. The summed E-state index contributed by atoms with van der Waals surface area (Å²) in [5.41, 5.74) is 0. The molecule has 2 heteroatoms. The first-order valence-electron chi connectivity index (χ1n) is 2.30. The van der Waals surface area contributed by atoms with E-state index in [1.54, 1.807) is 6.08 Å². The van der Waals surface area contributed by atoms with Crippen molar-refractivity contribution in [2.75, 3.05) is 5.75 Å². The Morgan fingerprint density at radius 1 is 1.86 bits per heavy atom. The molecule has 42 valence electrons. The van der Waals surface area contributed by atoms with Crippen LogP contribution >= 0.6 is 12.6 Å². The molecule has 1 N–H and O–H groups in total. The smallest absolute Gasteiger partial charge is 0.0978 e. The summed E-state index contributed by atoms with van der Waals surface area (Å²) in [6.07, 6.45) is 2.62. The third-order valence-corrected chi connectivity index (χ3v) is 0.926.